The quantitative estimate of drug-likeness (QED) is 0.654. The number of thiazole rings is 1. The molecule has 0 saturated heterocycles. The van der Waals surface area contributed by atoms with Crippen molar-refractivity contribution in [3.63, 3.8) is 0 Å². The van der Waals surface area contributed by atoms with E-state index in [1.165, 1.54) is 13.2 Å². The van der Waals surface area contributed by atoms with Crippen LogP contribution in [0.15, 0.2) is 23.6 Å². The molecule has 0 aliphatic carbocycles. The smallest absolute Gasteiger partial charge is 0.311 e. The average Bonchev–Trinajstić information content (AvgIpc) is 2.84. The highest BCUT2D eigenvalue weighted by Crippen LogP contribution is 2.29. The summed E-state index contributed by atoms with van der Waals surface area (Å²) >= 11 is 1.63. The molecule has 0 spiro atoms. The second-order valence-corrected chi connectivity index (χ2v) is 5.24. The number of hydrogen-bond acceptors (Lipinski definition) is 6. The predicted molar refractivity (Wildman–Crippen MR) is 78.7 cm³/mol. The third-order valence-electron chi connectivity index (χ3n) is 2.75. The molecule has 0 aliphatic heterocycles. The van der Waals surface area contributed by atoms with Crippen LogP contribution in [0.25, 0.3) is 0 Å². The molecule has 2 rings (SSSR count). The van der Waals surface area contributed by atoms with Crippen LogP contribution in [0, 0.1) is 17.0 Å². The van der Waals surface area contributed by atoms with Gasteiger partial charge in [-0.2, -0.15) is 0 Å². The molecule has 0 fully saturated rings. The Bertz CT molecular complexity index is 613. The number of nitro groups is 1. The van der Waals surface area contributed by atoms with Crippen LogP contribution in [0.3, 0.4) is 0 Å². The Labute approximate surface area is 120 Å². The topological polar surface area (TPSA) is 77.3 Å². The van der Waals surface area contributed by atoms with Crippen molar-refractivity contribution in [1.29, 1.82) is 0 Å². The first-order valence-electron chi connectivity index (χ1n) is 6.07. The lowest BCUT2D eigenvalue weighted by atomic mass is 10.2. The molecule has 0 atom stereocenters. The van der Waals surface area contributed by atoms with Gasteiger partial charge in [-0.25, -0.2) is 4.98 Å². The summed E-state index contributed by atoms with van der Waals surface area (Å²) in [6.07, 6.45) is 0.809. The summed E-state index contributed by atoms with van der Waals surface area (Å²) in [5.74, 6) is 0.254. The van der Waals surface area contributed by atoms with Crippen LogP contribution >= 0.6 is 11.3 Å². The summed E-state index contributed by atoms with van der Waals surface area (Å²) in [5, 5.41) is 17.1. The predicted octanol–water partition coefficient (Wildman–Crippen LogP) is 3.02. The molecule has 20 heavy (non-hydrogen) atoms. The van der Waals surface area contributed by atoms with Crippen LogP contribution in [-0.2, 0) is 6.42 Å². The number of hydrogen-bond donors (Lipinski definition) is 1. The minimum atomic E-state index is -0.458. The van der Waals surface area contributed by atoms with E-state index in [1.54, 1.807) is 23.5 Å². The van der Waals surface area contributed by atoms with Crippen molar-refractivity contribution in [3.8, 4) is 5.75 Å². The van der Waals surface area contributed by atoms with Crippen LogP contribution in [-0.4, -0.2) is 23.6 Å². The largest absolute Gasteiger partial charge is 0.490 e. The van der Waals surface area contributed by atoms with Gasteiger partial charge in [-0.3, -0.25) is 10.1 Å². The van der Waals surface area contributed by atoms with E-state index in [2.05, 4.69) is 10.3 Å². The molecule has 1 aromatic heterocycles. The molecule has 0 saturated carbocycles. The molecule has 0 unspecified atom stereocenters. The molecule has 1 heterocycles. The van der Waals surface area contributed by atoms with Crippen molar-refractivity contribution >= 4 is 22.7 Å². The van der Waals surface area contributed by atoms with E-state index in [-0.39, 0.29) is 11.4 Å². The van der Waals surface area contributed by atoms with Crippen molar-refractivity contribution in [2.45, 2.75) is 13.3 Å². The monoisotopic (exact) mass is 293 g/mol. The normalized spacial score (nSPS) is 10.3. The molecule has 1 aromatic carbocycles. The molecule has 1 N–H and O–H groups in total. The van der Waals surface area contributed by atoms with Crippen LogP contribution in [0.2, 0.25) is 0 Å². The Hall–Kier alpha value is -2.15. The highest BCUT2D eigenvalue weighted by atomic mass is 32.1. The minimum absolute atomic E-state index is 0.0341. The fraction of sp³-hybridized carbons (Fsp3) is 0.308. The van der Waals surface area contributed by atoms with Gasteiger partial charge in [-0.15, -0.1) is 11.3 Å². The number of ether oxygens (including phenoxy) is 1. The van der Waals surface area contributed by atoms with Crippen molar-refractivity contribution < 1.29 is 9.66 Å². The van der Waals surface area contributed by atoms with E-state index >= 15 is 0 Å². The molecular weight excluding hydrogens is 278 g/mol. The molecule has 0 radical (unpaired) electrons. The number of nitrogens with zero attached hydrogens (tertiary/aromatic N) is 2. The maximum Gasteiger partial charge on any atom is 0.311 e. The fourth-order valence-corrected chi connectivity index (χ4v) is 2.44. The summed E-state index contributed by atoms with van der Waals surface area (Å²) < 4.78 is 5.02. The maximum absolute atomic E-state index is 10.8. The molecule has 2 aromatic rings. The number of aryl methyl sites for hydroxylation is 1. The molecule has 0 amide bonds. The number of aromatic nitrogens is 1. The highest BCUT2D eigenvalue weighted by molar-refractivity contribution is 7.09. The SMILES string of the molecule is COc1cc(NCCc2csc(C)n2)ccc1[N+](=O)[O-]. The van der Waals surface area contributed by atoms with Crippen molar-refractivity contribution in [2.24, 2.45) is 0 Å². The Morgan fingerprint density at radius 3 is 2.90 bits per heavy atom. The lowest BCUT2D eigenvalue weighted by Gasteiger charge is -2.07. The Morgan fingerprint density at radius 2 is 2.30 bits per heavy atom. The average molecular weight is 293 g/mol. The zero-order chi connectivity index (χ0) is 14.5. The van der Waals surface area contributed by atoms with Gasteiger partial charge in [-0.05, 0) is 13.0 Å². The van der Waals surface area contributed by atoms with Gasteiger partial charge in [-0.1, -0.05) is 0 Å². The standard InChI is InChI=1S/C13H15N3O3S/c1-9-15-11(8-20-9)5-6-14-10-3-4-12(16(17)18)13(7-10)19-2/h3-4,7-8,14H,5-6H2,1-2H3. The molecular formula is C13H15N3O3S. The van der Waals surface area contributed by atoms with E-state index in [9.17, 15) is 10.1 Å². The lowest BCUT2D eigenvalue weighted by Crippen LogP contribution is -2.05. The molecule has 6 nitrogen and oxygen atoms in total. The third kappa shape index (κ3) is 3.45. The Balaban J connectivity index is 1.97. The summed E-state index contributed by atoms with van der Waals surface area (Å²) in [5.41, 5.74) is 1.81. The third-order valence-corrected chi connectivity index (χ3v) is 3.58. The number of rotatable bonds is 6. The van der Waals surface area contributed by atoms with Crippen molar-refractivity contribution in [2.75, 3.05) is 19.0 Å². The lowest BCUT2D eigenvalue weighted by molar-refractivity contribution is -0.385. The van der Waals surface area contributed by atoms with E-state index in [0.29, 0.717) is 6.54 Å². The summed E-state index contributed by atoms with van der Waals surface area (Å²) in [6.45, 7) is 2.69. The second-order valence-electron chi connectivity index (χ2n) is 4.18. The number of anilines is 1. The van der Waals surface area contributed by atoms with Gasteiger partial charge in [0.25, 0.3) is 0 Å². The van der Waals surface area contributed by atoms with Gasteiger partial charge >= 0.3 is 5.69 Å². The van der Waals surface area contributed by atoms with Crippen molar-refractivity contribution in [1.82, 2.24) is 4.98 Å². The molecule has 7 heteroatoms. The number of methoxy groups -OCH3 is 1. The number of nitro benzene ring substituents is 1. The first kappa shape index (κ1) is 14.3. The van der Waals surface area contributed by atoms with Gasteiger partial charge in [0.15, 0.2) is 5.75 Å². The van der Waals surface area contributed by atoms with Crippen LogP contribution in [0.4, 0.5) is 11.4 Å². The maximum atomic E-state index is 10.8. The fourth-order valence-electron chi connectivity index (χ4n) is 1.80. The zero-order valence-corrected chi connectivity index (χ0v) is 12.1. The Kier molecular flexibility index (Phi) is 4.52. The van der Waals surface area contributed by atoms with Gasteiger partial charge in [0.2, 0.25) is 0 Å². The van der Waals surface area contributed by atoms with Crippen LogP contribution in [0.1, 0.15) is 10.7 Å². The number of benzene rings is 1. The highest BCUT2D eigenvalue weighted by Gasteiger charge is 2.14. The van der Waals surface area contributed by atoms with E-state index < -0.39 is 4.92 Å². The molecule has 0 bridgehead atoms. The van der Waals surface area contributed by atoms with Gasteiger partial charge in [0, 0.05) is 36.2 Å². The number of nitrogens with one attached hydrogen (secondary N) is 1. The molecule has 106 valence electrons. The zero-order valence-electron chi connectivity index (χ0n) is 11.3. The van der Waals surface area contributed by atoms with E-state index in [4.69, 9.17) is 4.74 Å². The first-order valence-corrected chi connectivity index (χ1v) is 6.95. The van der Waals surface area contributed by atoms with Crippen LogP contribution < -0.4 is 10.1 Å². The summed E-state index contributed by atoms with van der Waals surface area (Å²) in [4.78, 5) is 14.7. The Morgan fingerprint density at radius 1 is 1.50 bits per heavy atom. The summed E-state index contributed by atoms with van der Waals surface area (Å²) in [7, 11) is 1.42. The first-order chi connectivity index (χ1) is 9.60. The van der Waals surface area contributed by atoms with Gasteiger partial charge < -0.3 is 10.1 Å². The van der Waals surface area contributed by atoms with E-state index in [0.717, 1.165) is 22.8 Å². The van der Waals surface area contributed by atoms with Gasteiger partial charge in [0.1, 0.15) is 0 Å². The summed E-state index contributed by atoms with van der Waals surface area (Å²) in [6, 6.07) is 4.74. The van der Waals surface area contributed by atoms with Gasteiger partial charge in [0.05, 0.1) is 22.7 Å². The van der Waals surface area contributed by atoms with E-state index in [1.807, 2.05) is 12.3 Å². The van der Waals surface area contributed by atoms with Crippen molar-refractivity contribution in [3.05, 3.63) is 44.4 Å². The second kappa shape index (κ2) is 6.33. The molecule has 0 aliphatic rings. The minimum Gasteiger partial charge on any atom is -0.490 e. The van der Waals surface area contributed by atoms with Crippen LogP contribution in [0.5, 0.6) is 5.75 Å².